The molecule has 1 rings (SSSR count). The van der Waals surface area contributed by atoms with Crippen molar-refractivity contribution in [3.05, 3.63) is 29.8 Å². The highest BCUT2D eigenvalue weighted by Crippen LogP contribution is 2.36. The molecule has 0 aliphatic heterocycles. The first-order valence-corrected chi connectivity index (χ1v) is 9.81. The Kier molecular flexibility index (Phi) is 6.78. The smallest absolute Gasteiger partial charge is 0.181 e. The van der Waals surface area contributed by atoms with Crippen LogP contribution in [0.25, 0.3) is 0 Å². The number of hydrogen-bond acceptors (Lipinski definition) is 2. The first-order chi connectivity index (χ1) is 9.80. The normalized spacial score (nSPS) is 12.6. The van der Waals surface area contributed by atoms with Crippen LogP contribution in [0.4, 0.5) is 8.78 Å². The molecule has 0 saturated carbocycles. The van der Waals surface area contributed by atoms with Crippen molar-refractivity contribution in [2.24, 2.45) is 5.41 Å². The van der Waals surface area contributed by atoms with Crippen LogP contribution in [0.1, 0.15) is 39.5 Å². The predicted molar refractivity (Wildman–Crippen MR) is 84.5 cm³/mol. The van der Waals surface area contributed by atoms with Crippen molar-refractivity contribution in [2.45, 2.75) is 44.4 Å². The molecular formula is C15H21BrF2O2S. The molecule has 0 unspecified atom stereocenters. The molecule has 120 valence electrons. The third-order valence-corrected chi connectivity index (χ3v) is 6.75. The van der Waals surface area contributed by atoms with Gasteiger partial charge in [-0.3, -0.25) is 0 Å². The van der Waals surface area contributed by atoms with Crippen LogP contribution in [0.5, 0.6) is 0 Å². The average Bonchev–Trinajstić information content (AvgIpc) is 2.38. The molecule has 0 N–H and O–H groups in total. The fourth-order valence-electron chi connectivity index (χ4n) is 2.71. The minimum Gasteiger partial charge on any atom is -0.224 e. The largest absolute Gasteiger partial charge is 0.224 e. The summed E-state index contributed by atoms with van der Waals surface area (Å²) in [5.41, 5.74) is -0.414. The lowest BCUT2D eigenvalue weighted by molar-refractivity contribution is 0.313. The van der Waals surface area contributed by atoms with E-state index in [2.05, 4.69) is 15.9 Å². The topological polar surface area (TPSA) is 34.1 Å². The maximum Gasteiger partial charge on any atom is 0.181 e. The second-order valence-corrected chi connectivity index (χ2v) is 7.99. The highest BCUT2D eigenvalue weighted by molar-refractivity contribution is 9.09. The lowest BCUT2D eigenvalue weighted by Crippen LogP contribution is -2.32. The minimum absolute atomic E-state index is 0.129. The van der Waals surface area contributed by atoms with Gasteiger partial charge in [0.15, 0.2) is 9.84 Å². The fourth-order valence-corrected chi connectivity index (χ4v) is 5.72. The molecule has 0 fully saturated rings. The first kappa shape index (κ1) is 18.6. The van der Waals surface area contributed by atoms with E-state index in [1.807, 2.05) is 13.8 Å². The molecule has 0 radical (unpaired) electrons. The Hall–Kier alpha value is -0.490. The highest BCUT2D eigenvalue weighted by Gasteiger charge is 2.35. The summed E-state index contributed by atoms with van der Waals surface area (Å²) < 4.78 is 51.7. The molecule has 0 spiro atoms. The molecule has 2 nitrogen and oxygen atoms in total. The summed E-state index contributed by atoms with van der Waals surface area (Å²) in [6.07, 6.45) is 3.20. The number of alkyl halides is 1. The van der Waals surface area contributed by atoms with Gasteiger partial charge in [0.1, 0.15) is 16.5 Å². The van der Waals surface area contributed by atoms with E-state index in [1.165, 1.54) is 0 Å². The minimum atomic E-state index is -3.79. The van der Waals surface area contributed by atoms with Crippen molar-refractivity contribution in [3.8, 4) is 0 Å². The van der Waals surface area contributed by atoms with Gasteiger partial charge < -0.3 is 0 Å². The van der Waals surface area contributed by atoms with Crippen molar-refractivity contribution in [3.63, 3.8) is 0 Å². The van der Waals surface area contributed by atoms with Gasteiger partial charge in [-0.2, -0.15) is 0 Å². The van der Waals surface area contributed by atoms with E-state index in [9.17, 15) is 17.2 Å². The second kappa shape index (κ2) is 7.68. The van der Waals surface area contributed by atoms with Crippen molar-refractivity contribution in [2.75, 3.05) is 11.1 Å². The lowest BCUT2D eigenvalue weighted by atomic mass is 9.83. The summed E-state index contributed by atoms with van der Waals surface area (Å²) in [7, 11) is -3.79. The highest BCUT2D eigenvalue weighted by atomic mass is 79.9. The van der Waals surface area contributed by atoms with E-state index in [4.69, 9.17) is 0 Å². The number of rotatable bonds is 8. The molecule has 0 aliphatic rings. The van der Waals surface area contributed by atoms with Gasteiger partial charge in [0.2, 0.25) is 0 Å². The van der Waals surface area contributed by atoms with Crippen LogP contribution in [-0.2, 0) is 9.84 Å². The van der Waals surface area contributed by atoms with Crippen molar-refractivity contribution < 1.29 is 17.2 Å². The van der Waals surface area contributed by atoms with Crippen molar-refractivity contribution in [1.82, 2.24) is 0 Å². The number of halogens is 3. The summed E-state index contributed by atoms with van der Waals surface area (Å²) in [6.45, 7) is 4.00. The van der Waals surface area contributed by atoms with Gasteiger partial charge in [-0.25, -0.2) is 17.2 Å². The predicted octanol–water partition coefficient (Wildman–Crippen LogP) is 4.72. The quantitative estimate of drug-likeness (QED) is 0.481. The monoisotopic (exact) mass is 382 g/mol. The van der Waals surface area contributed by atoms with E-state index >= 15 is 0 Å². The molecule has 0 aromatic heterocycles. The Morgan fingerprint density at radius 1 is 1.14 bits per heavy atom. The van der Waals surface area contributed by atoms with Crippen molar-refractivity contribution in [1.29, 1.82) is 0 Å². The number of benzene rings is 1. The second-order valence-electron chi connectivity index (χ2n) is 5.47. The third-order valence-electron chi connectivity index (χ3n) is 3.57. The Labute approximate surface area is 134 Å². The molecule has 0 bridgehead atoms. The molecule has 0 atom stereocenters. The molecule has 1 aromatic rings. The zero-order valence-electron chi connectivity index (χ0n) is 12.3. The van der Waals surface area contributed by atoms with E-state index in [1.54, 1.807) is 0 Å². The molecule has 0 aliphatic carbocycles. The molecule has 1 aromatic carbocycles. The van der Waals surface area contributed by atoms with Gasteiger partial charge in [0.25, 0.3) is 0 Å². The van der Waals surface area contributed by atoms with Crippen LogP contribution in [0.2, 0.25) is 0 Å². The van der Waals surface area contributed by atoms with Crippen LogP contribution >= 0.6 is 15.9 Å². The van der Waals surface area contributed by atoms with E-state index < -0.39 is 31.8 Å². The van der Waals surface area contributed by atoms with E-state index in [0.717, 1.165) is 37.8 Å². The molecule has 21 heavy (non-hydrogen) atoms. The van der Waals surface area contributed by atoms with Gasteiger partial charge in [-0.05, 0) is 30.4 Å². The van der Waals surface area contributed by atoms with Crippen LogP contribution in [-0.4, -0.2) is 19.5 Å². The van der Waals surface area contributed by atoms with Crippen LogP contribution in [0.3, 0.4) is 0 Å². The summed E-state index contributed by atoms with van der Waals surface area (Å²) in [5.74, 6) is -1.93. The Morgan fingerprint density at radius 3 is 2.14 bits per heavy atom. The molecule has 0 saturated heterocycles. The lowest BCUT2D eigenvalue weighted by Gasteiger charge is -2.31. The Bertz CT molecular complexity index is 567. The van der Waals surface area contributed by atoms with Crippen molar-refractivity contribution >= 4 is 25.8 Å². The van der Waals surface area contributed by atoms with E-state index in [0.29, 0.717) is 11.4 Å². The SMILES string of the molecule is CCCC(CBr)(CCC)CS(=O)(=O)c1ccc(F)cc1F. The Morgan fingerprint density at radius 2 is 1.71 bits per heavy atom. The molecule has 6 heteroatoms. The summed E-state index contributed by atoms with van der Waals surface area (Å²) in [6, 6.07) is 2.60. The zero-order chi connectivity index (χ0) is 16.1. The summed E-state index contributed by atoms with van der Waals surface area (Å²) in [4.78, 5) is -0.415. The van der Waals surface area contributed by atoms with Gasteiger partial charge in [0, 0.05) is 11.4 Å². The fraction of sp³-hybridized carbons (Fsp3) is 0.600. The maximum atomic E-state index is 13.8. The Balaban J connectivity index is 3.16. The molecule has 0 heterocycles. The number of hydrogen-bond donors (Lipinski definition) is 0. The van der Waals surface area contributed by atoms with Gasteiger partial charge >= 0.3 is 0 Å². The van der Waals surface area contributed by atoms with Gasteiger partial charge in [-0.1, -0.05) is 42.6 Å². The first-order valence-electron chi connectivity index (χ1n) is 7.04. The summed E-state index contributed by atoms with van der Waals surface area (Å²) >= 11 is 3.41. The van der Waals surface area contributed by atoms with Gasteiger partial charge in [0.05, 0.1) is 5.75 Å². The number of sulfone groups is 1. The standard InChI is InChI=1S/C15H21BrF2O2S/c1-3-7-15(10-16,8-4-2)11-21(19,20)14-6-5-12(17)9-13(14)18/h5-6,9H,3-4,7-8,10-11H2,1-2H3. The van der Waals surface area contributed by atoms with Gasteiger partial charge in [-0.15, -0.1) is 0 Å². The van der Waals surface area contributed by atoms with Crippen LogP contribution < -0.4 is 0 Å². The maximum absolute atomic E-state index is 13.8. The van der Waals surface area contributed by atoms with Crippen LogP contribution in [0, 0.1) is 17.0 Å². The average molecular weight is 383 g/mol. The van der Waals surface area contributed by atoms with E-state index in [-0.39, 0.29) is 5.75 Å². The van der Waals surface area contributed by atoms with Crippen LogP contribution in [0.15, 0.2) is 23.1 Å². The third kappa shape index (κ3) is 4.74. The molecule has 0 amide bonds. The zero-order valence-corrected chi connectivity index (χ0v) is 14.7. The molecular weight excluding hydrogens is 362 g/mol. The summed E-state index contributed by atoms with van der Waals surface area (Å²) in [5, 5.41) is 0.545.